The van der Waals surface area contributed by atoms with Crippen LogP contribution in [0, 0.1) is 3.57 Å². The maximum absolute atomic E-state index is 13.7. The van der Waals surface area contributed by atoms with Crippen LogP contribution in [0.4, 0.5) is 17.1 Å². The van der Waals surface area contributed by atoms with Crippen molar-refractivity contribution in [2.45, 2.75) is 0 Å². The minimum Gasteiger partial charge on any atom is -0.493 e. The minimum absolute atomic E-state index is 0.252. The highest BCUT2D eigenvalue weighted by molar-refractivity contribution is 14.1. The Balaban J connectivity index is 1.39. The highest BCUT2D eigenvalue weighted by Gasteiger charge is 2.35. The maximum Gasteiger partial charge on any atom is 0.271 e. The smallest absolute Gasteiger partial charge is 0.271 e. The normalized spacial score (nSPS) is 14.8. The maximum atomic E-state index is 13.7. The molecule has 5 rings (SSSR count). The van der Waals surface area contributed by atoms with E-state index in [2.05, 4.69) is 27.9 Å². The average Bonchev–Trinajstić information content (AvgIpc) is 3.29. The molecule has 0 aromatic heterocycles. The first-order valence-electron chi connectivity index (χ1n) is 12.7. The second kappa shape index (κ2) is 14.4. The van der Waals surface area contributed by atoms with E-state index in [1.807, 2.05) is 6.07 Å². The van der Waals surface area contributed by atoms with E-state index in [1.165, 1.54) is 23.8 Å². The number of ether oxygens (including phenoxy) is 2. The highest BCUT2D eigenvalue weighted by atomic mass is 127. The summed E-state index contributed by atoms with van der Waals surface area (Å²) in [6.07, 6.45) is 1.76. The summed E-state index contributed by atoms with van der Waals surface area (Å²) in [5.41, 5.74) is 2.45. The van der Waals surface area contributed by atoms with E-state index < -0.39 is 5.91 Å². The van der Waals surface area contributed by atoms with Crippen LogP contribution in [0.15, 0.2) is 88.8 Å². The third-order valence-electron chi connectivity index (χ3n) is 6.04. The Bertz CT molecular complexity index is 1800. The summed E-state index contributed by atoms with van der Waals surface area (Å²) in [7, 11) is 1.50. The SMILES string of the molecule is COc1cc(/C=C2/SC(=Nc3ccc(Cl)cc3)N(c3ccc(Cl)cc3)C2=O)cc(I)c1OCC(=O)Nc1ccc(Cl)c(Cl)c1. The second-order valence-electron chi connectivity index (χ2n) is 9.10. The van der Waals surface area contributed by atoms with E-state index in [0.717, 1.165) is 0 Å². The van der Waals surface area contributed by atoms with Crippen molar-refractivity contribution in [3.63, 3.8) is 0 Å². The number of hydrogen-bond donors (Lipinski definition) is 1. The number of hydrogen-bond acceptors (Lipinski definition) is 6. The highest BCUT2D eigenvalue weighted by Crippen LogP contribution is 2.40. The van der Waals surface area contributed by atoms with Gasteiger partial charge in [-0.25, -0.2) is 4.99 Å². The molecular weight excluding hydrogens is 779 g/mol. The lowest BCUT2D eigenvalue weighted by atomic mass is 10.1. The molecule has 0 atom stereocenters. The largest absolute Gasteiger partial charge is 0.493 e. The summed E-state index contributed by atoms with van der Waals surface area (Å²) < 4.78 is 12.1. The fraction of sp³-hybridized carbons (Fsp3) is 0.0645. The van der Waals surface area contributed by atoms with Crippen LogP contribution in [0.3, 0.4) is 0 Å². The van der Waals surface area contributed by atoms with E-state index in [-0.39, 0.29) is 12.5 Å². The van der Waals surface area contributed by atoms with Crippen molar-refractivity contribution in [1.29, 1.82) is 0 Å². The van der Waals surface area contributed by atoms with E-state index in [0.29, 0.717) is 67.9 Å². The zero-order valence-electron chi connectivity index (χ0n) is 22.6. The molecule has 1 fully saturated rings. The number of halogens is 5. The van der Waals surface area contributed by atoms with Crippen LogP contribution < -0.4 is 19.7 Å². The first kappa shape index (κ1) is 32.5. The van der Waals surface area contributed by atoms with Crippen molar-refractivity contribution in [2.24, 2.45) is 4.99 Å². The van der Waals surface area contributed by atoms with E-state index in [4.69, 9.17) is 60.9 Å². The summed E-state index contributed by atoms with van der Waals surface area (Å²) in [6.45, 7) is -0.276. The summed E-state index contributed by atoms with van der Waals surface area (Å²) >= 11 is 27.4. The van der Waals surface area contributed by atoms with Crippen LogP contribution in [-0.2, 0) is 9.59 Å². The zero-order chi connectivity index (χ0) is 31.4. The number of anilines is 2. The molecule has 0 spiro atoms. The van der Waals surface area contributed by atoms with Crippen molar-refractivity contribution >= 4 is 121 Å². The molecule has 1 saturated heterocycles. The number of nitrogens with one attached hydrogen (secondary N) is 1. The fourth-order valence-electron chi connectivity index (χ4n) is 4.02. The molecule has 224 valence electrons. The van der Waals surface area contributed by atoms with Gasteiger partial charge in [0.15, 0.2) is 23.3 Å². The number of nitrogens with zero attached hydrogens (tertiary/aromatic N) is 2. The van der Waals surface area contributed by atoms with Gasteiger partial charge in [0.05, 0.1) is 37.0 Å². The molecule has 0 radical (unpaired) electrons. The van der Waals surface area contributed by atoms with E-state index in [9.17, 15) is 9.59 Å². The third-order valence-corrected chi connectivity index (χ3v) is 9.06. The summed E-state index contributed by atoms with van der Waals surface area (Å²) in [5, 5.41) is 5.04. The molecule has 4 aromatic carbocycles. The van der Waals surface area contributed by atoms with Crippen molar-refractivity contribution in [3.8, 4) is 11.5 Å². The van der Waals surface area contributed by atoms with E-state index in [1.54, 1.807) is 78.9 Å². The van der Waals surface area contributed by atoms with Gasteiger partial charge in [0, 0.05) is 15.7 Å². The Morgan fingerprint density at radius 1 is 0.955 bits per heavy atom. The molecule has 0 unspecified atom stereocenters. The van der Waals surface area contributed by atoms with Gasteiger partial charge in [-0.15, -0.1) is 0 Å². The molecule has 1 aliphatic heterocycles. The summed E-state index contributed by atoms with van der Waals surface area (Å²) in [5.74, 6) is 0.136. The Morgan fingerprint density at radius 2 is 1.64 bits per heavy atom. The van der Waals surface area contributed by atoms with Gasteiger partial charge in [0.1, 0.15) is 0 Å². The van der Waals surface area contributed by atoms with Crippen LogP contribution in [0.5, 0.6) is 11.5 Å². The van der Waals surface area contributed by atoms with Gasteiger partial charge >= 0.3 is 0 Å². The predicted octanol–water partition coefficient (Wildman–Crippen LogP) is 9.74. The zero-order valence-corrected chi connectivity index (χ0v) is 28.6. The molecule has 1 N–H and O–H groups in total. The monoisotopic (exact) mass is 797 g/mol. The standard InChI is InChI=1S/C31H20Cl4IN3O4S/c1-42-26-13-17(12-25(36)29(26)43-16-28(40)37-21-8-11-23(34)24(35)15-21)14-27-30(41)39(22-9-4-19(33)5-10-22)31(44-27)38-20-6-2-18(32)3-7-20/h2-15H,16H2,1H3,(H,37,40)/b27-14+,38-31?. The molecule has 13 heteroatoms. The molecule has 0 bridgehead atoms. The van der Waals surface area contributed by atoms with Crippen molar-refractivity contribution in [1.82, 2.24) is 0 Å². The number of thioether (sulfide) groups is 1. The number of benzene rings is 4. The van der Waals surface area contributed by atoms with Gasteiger partial charge in [0.2, 0.25) is 0 Å². The minimum atomic E-state index is -0.393. The first-order valence-corrected chi connectivity index (χ1v) is 16.1. The van der Waals surface area contributed by atoms with Crippen LogP contribution in [0.25, 0.3) is 6.08 Å². The number of amides is 2. The molecule has 0 saturated carbocycles. The van der Waals surface area contributed by atoms with Crippen LogP contribution >= 0.6 is 80.8 Å². The Hall–Kier alpha value is -2.93. The topological polar surface area (TPSA) is 80.2 Å². The van der Waals surface area contributed by atoms with Crippen molar-refractivity contribution < 1.29 is 19.1 Å². The van der Waals surface area contributed by atoms with Crippen molar-refractivity contribution in [3.05, 3.63) is 113 Å². The van der Waals surface area contributed by atoms with Gasteiger partial charge < -0.3 is 14.8 Å². The number of aliphatic imine (C=N–C) groups is 1. The van der Waals surface area contributed by atoms with Crippen LogP contribution in [-0.4, -0.2) is 30.7 Å². The molecule has 7 nitrogen and oxygen atoms in total. The number of carbonyl (C=O) groups is 2. The number of amidine groups is 1. The van der Waals surface area contributed by atoms with Crippen LogP contribution in [0.1, 0.15) is 5.56 Å². The second-order valence-corrected chi connectivity index (χ2v) is 13.0. The molecule has 1 heterocycles. The lowest BCUT2D eigenvalue weighted by Crippen LogP contribution is -2.28. The average molecular weight is 799 g/mol. The fourth-order valence-corrected chi connectivity index (χ4v) is 6.35. The third kappa shape index (κ3) is 7.82. The quantitative estimate of drug-likeness (QED) is 0.142. The molecule has 1 aliphatic rings. The van der Waals surface area contributed by atoms with Gasteiger partial charge in [0.25, 0.3) is 11.8 Å². The van der Waals surface area contributed by atoms with Gasteiger partial charge in [-0.3, -0.25) is 14.5 Å². The lowest BCUT2D eigenvalue weighted by molar-refractivity contribution is -0.118. The first-order chi connectivity index (χ1) is 21.1. The summed E-state index contributed by atoms with van der Waals surface area (Å²) in [6, 6.07) is 22.3. The van der Waals surface area contributed by atoms with Crippen LogP contribution in [0.2, 0.25) is 20.1 Å². The van der Waals surface area contributed by atoms with Gasteiger partial charge in [-0.2, -0.15) is 0 Å². The Labute approximate surface area is 291 Å². The number of methoxy groups -OCH3 is 1. The molecule has 2 amide bonds. The van der Waals surface area contributed by atoms with Crippen molar-refractivity contribution in [2.75, 3.05) is 23.9 Å². The van der Waals surface area contributed by atoms with Gasteiger partial charge in [-0.1, -0.05) is 46.4 Å². The number of rotatable bonds is 8. The Kier molecular flexibility index (Phi) is 10.7. The number of carbonyl (C=O) groups excluding carboxylic acids is 2. The summed E-state index contributed by atoms with van der Waals surface area (Å²) in [4.78, 5) is 32.9. The molecule has 4 aromatic rings. The molecular formula is C31H20Cl4IN3O4S. The molecule has 44 heavy (non-hydrogen) atoms. The predicted molar refractivity (Wildman–Crippen MR) is 189 cm³/mol. The Morgan fingerprint density at radius 3 is 2.30 bits per heavy atom. The molecule has 0 aliphatic carbocycles. The van der Waals surface area contributed by atoms with E-state index >= 15 is 0 Å². The lowest BCUT2D eigenvalue weighted by Gasteiger charge is -2.15. The van der Waals surface area contributed by atoms with Gasteiger partial charge in [-0.05, 0) is 125 Å².